The van der Waals surface area contributed by atoms with Gasteiger partial charge in [0.25, 0.3) is 0 Å². The number of carbonyl (C=O) groups is 2. The zero-order valence-corrected chi connectivity index (χ0v) is 12.2. The highest BCUT2D eigenvalue weighted by Crippen LogP contribution is 2.23. The second kappa shape index (κ2) is 8.84. The van der Waals surface area contributed by atoms with E-state index in [2.05, 4.69) is 4.74 Å². The summed E-state index contributed by atoms with van der Waals surface area (Å²) < 4.78 is 57.6. The SMILES string of the molecule is CC(C)C(C)OC(=O)CCCC(=O)OCC(F)(F)C(F)F. The Morgan fingerprint density at radius 1 is 1.05 bits per heavy atom. The predicted molar refractivity (Wildman–Crippen MR) is 66.2 cm³/mol. The van der Waals surface area contributed by atoms with Crippen molar-refractivity contribution < 1.29 is 36.6 Å². The highest BCUT2D eigenvalue weighted by atomic mass is 19.3. The molecule has 0 N–H and O–H groups in total. The predicted octanol–water partition coefficient (Wildman–Crippen LogP) is 3.19. The number of carbonyl (C=O) groups excluding carboxylic acids is 2. The molecule has 124 valence electrons. The van der Waals surface area contributed by atoms with Gasteiger partial charge in [-0.05, 0) is 19.3 Å². The van der Waals surface area contributed by atoms with Crippen LogP contribution in [0.15, 0.2) is 0 Å². The maximum absolute atomic E-state index is 12.5. The van der Waals surface area contributed by atoms with E-state index >= 15 is 0 Å². The molecule has 0 rings (SSSR count). The van der Waals surface area contributed by atoms with Gasteiger partial charge in [-0.3, -0.25) is 9.59 Å². The summed E-state index contributed by atoms with van der Waals surface area (Å²) in [6.45, 7) is 3.80. The standard InChI is InChI=1S/C13H20F4O4/c1-8(2)9(3)21-11(19)6-4-5-10(18)20-7-13(16,17)12(14)15/h8-9,12H,4-7H2,1-3H3. The molecule has 0 spiro atoms. The maximum Gasteiger partial charge on any atom is 0.340 e. The van der Waals surface area contributed by atoms with Crippen LogP contribution in [-0.2, 0) is 19.1 Å². The maximum atomic E-state index is 12.5. The van der Waals surface area contributed by atoms with E-state index in [1.807, 2.05) is 13.8 Å². The van der Waals surface area contributed by atoms with E-state index in [-0.39, 0.29) is 31.3 Å². The fraction of sp³-hybridized carbons (Fsp3) is 0.846. The molecule has 0 saturated carbocycles. The Labute approximate surface area is 120 Å². The highest BCUT2D eigenvalue weighted by molar-refractivity contribution is 5.72. The van der Waals surface area contributed by atoms with Crippen molar-refractivity contribution in [2.45, 2.75) is 58.5 Å². The van der Waals surface area contributed by atoms with Crippen LogP contribution in [0.4, 0.5) is 17.6 Å². The van der Waals surface area contributed by atoms with Gasteiger partial charge >= 0.3 is 24.3 Å². The molecule has 0 aromatic heterocycles. The molecule has 0 fully saturated rings. The summed E-state index contributed by atoms with van der Waals surface area (Å²) in [4.78, 5) is 22.4. The summed E-state index contributed by atoms with van der Waals surface area (Å²) in [6, 6.07) is 0. The minimum Gasteiger partial charge on any atom is -0.462 e. The van der Waals surface area contributed by atoms with Crippen molar-refractivity contribution in [3.8, 4) is 0 Å². The molecule has 21 heavy (non-hydrogen) atoms. The summed E-state index contributed by atoms with van der Waals surface area (Å²) in [5.41, 5.74) is 0. The van der Waals surface area contributed by atoms with Crippen molar-refractivity contribution in [3.05, 3.63) is 0 Å². The largest absolute Gasteiger partial charge is 0.462 e. The van der Waals surface area contributed by atoms with E-state index in [9.17, 15) is 27.2 Å². The summed E-state index contributed by atoms with van der Waals surface area (Å²) in [7, 11) is 0. The van der Waals surface area contributed by atoms with Gasteiger partial charge in [0.15, 0.2) is 6.61 Å². The van der Waals surface area contributed by atoms with Crippen LogP contribution in [-0.4, -0.2) is 37.0 Å². The van der Waals surface area contributed by atoms with Gasteiger partial charge in [-0.15, -0.1) is 0 Å². The summed E-state index contributed by atoms with van der Waals surface area (Å²) in [6.07, 6.45) is -4.50. The molecule has 0 saturated heterocycles. The van der Waals surface area contributed by atoms with Gasteiger partial charge in [0.05, 0.1) is 0 Å². The Morgan fingerprint density at radius 2 is 1.57 bits per heavy atom. The lowest BCUT2D eigenvalue weighted by atomic mass is 10.1. The van der Waals surface area contributed by atoms with E-state index in [1.54, 1.807) is 6.92 Å². The molecule has 0 aromatic rings. The fourth-order valence-electron chi connectivity index (χ4n) is 1.09. The molecule has 8 heteroatoms. The van der Waals surface area contributed by atoms with Crippen molar-refractivity contribution in [2.24, 2.45) is 5.92 Å². The highest BCUT2D eigenvalue weighted by Gasteiger charge is 2.42. The van der Waals surface area contributed by atoms with Crippen LogP contribution in [0, 0.1) is 5.92 Å². The average Bonchev–Trinajstić information content (AvgIpc) is 2.36. The Hall–Kier alpha value is -1.34. The summed E-state index contributed by atoms with van der Waals surface area (Å²) >= 11 is 0. The number of rotatable bonds is 9. The van der Waals surface area contributed by atoms with Crippen LogP contribution >= 0.6 is 0 Å². The van der Waals surface area contributed by atoms with Gasteiger partial charge in [-0.25, -0.2) is 8.78 Å². The number of ether oxygens (including phenoxy) is 2. The Balaban J connectivity index is 3.88. The zero-order chi connectivity index (χ0) is 16.6. The molecule has 0 aliphatic rings. The van der Waals surface area contributed by atoms with Crippen molar-refractivity contribution in [2.75, 3.05) is 6.61 Å². The van der Waals surface area contributed by atoms with Crippen molar-refractivity contribution in [1.82, 2.24) is 0 Å². The Morgan fingerprint density at radius 3 is 2.05 bits per heavy atom. The quantitative estimate of drug-likeness (QED) is 0.484. The first-order valence-electron chi connectivity index (χ1n) is 6.57. The minimum atomic E-state index is -4.36. The Kier molecular flexibility index (Phi) is 8.27. The van der Waals surface area contributed by atoms with E-state index in [1.165, 1.54) is 0 Å². The van der Waals surface area contributed by atoms with E-state index in [0.29, 0.717) is 0 Å². The molecule has 4 nitrogen and oxygen atoms in total. The first kappa shape index (κ1) is 19.7. The first-order chi connectivity index (χ1) is 9.56. The van der Waals surface area contributed by atoms with Crippen molar-refractivity contribution in [1.29, 1.82) is 0 Å². The van der Waals surface area contributed by atoms with Gasteiger partial charge < -0.3 is 9.47 Å². The minimum absolute atomic E-state index is 0.0444. The van der Waals surface area contributed by atoms with Crippen LogP contribution in [0.1, 0.15) is 40.0 Å². The first-order valence-corrected chi connectivity index (χ1v) is 6.57. The molecule has 0 bridgehead atoms. The van der Waals surface area contributed by atoms with Crippen molar-refractivity contribution in [3.63, 3.8) is 0 Å². The van der Waals surface area contributed by atoms with Crippen LogP contribution in [0.3, 0.4) is 0 Å². The average molecular weight is 316 g/mol. The molecule has 0 radical (unpaired) electrons. The number of hydrogen-bond acceptors (Lipinski definition) is 4. The van der Waals surface area contributed by atoms with Gasteiger partial charge in [0, 0.05) is 12.8 Å². The van der Waals surface area contributed by atoms with E-state index < -0.39 is 30.9 Å². The third-order valence-electron chi connectivity index (χ3n) is 2.76. The monoisotopic (exact) mass is 316 g/mol. The molecule has 1 atom stereocenters. The van der Waals surface area contributed by atoms with Gasteiger partial charge in [0.1, 0.15) is 6.10 Å². The summed E-state index contributed by atoms with van der Waals surface area (Å²) in [5.74, 6) is -5.78. The molecule has 0 heterocycles. The van der Waals surface area contributed by atoms with Crippen LogP contribution in [0.25, 0.3) is 0 Å². The molecule has 0 aliphatic carbocycles. The number of alkyl halides is 4. The smallest absolute Gasteiger partial charge is 0.340 e. The Bertz CT molecular complexity index is 345. The number of esters is 2. The molecule has 1 unspecified atom stereocenters. The lowest BCUT2D eigenvalue weighted by Crippen LogP contribution is -2.33. The van der Waals surface area contributed by atoms with Crippen LogP contribution in [0.2, 0.25) is 0 Å². The lowest BCUT2D eigenvalue weighted by Gasteiger charge is -2.16. The van der Waals surface area contributed by atoms with E-state index in [4.69, 9.17) is 4.74 Å². The molecular weight excluding hydrogens is 296 g/mol. The molecule has 0 amide bonds. The molecular formula is C13H20F4O4. The zero-order valence-electron chi connectivity index (χ0n) is 12.2. The lowest BCUT2D eigenvalue weighted by molar-refractivity contribution is -0.179. The van der Waals surface area contributed by atoms with Crippen LogP contribution in [0.5, 0.6) is 0 Å². The number of hydrogen-bond donors (Lipinski definition) is 0. The van der Waals surface area contributed by atoms with Gasteiger partial charge in [-0.2, -0.15) is 8.78 Å². The second-order valence-corrected chi connectivity index (χ2v) is 5.01. The summed E-state index contributed by atoms with van der Waals surface area (Å²) in [5, 5.41) is 0. The fourth-order valence-corrected chi connectivity index (χ4v) is 1.09. The molecule has 0 aromatic carbocycles. The van der Waals surface area contributed by atoms with Crippen LogP contribution < -0.4 is 0 Å². The van der Waals surface area contributed by atoms with Gasteiger partial charge in [-0.1, -0.05) is 13.8 Å². The van der Waals surface area contributed by atoms with E-state index in [0.717, 1.165) is 0 Å². The third-order valence-corrected chi connectivity index (χ3v) is 2.76. The van der Waals surface area contributed by atoms with Gasteiger partial charge in [0.2, 0.25) is 0 Å². The second-order valence-electron chi connectivity index (χ2n) is 5.01. The normalized spacial score (nSPS) is 13.4. The van der Waals surface area contributed by atoms with Crippen molar-refractivity contribution >= 4 is 11.9 Å². The third kappa shape index (κ3) is 8.52. The topological polar surface area (TPSA) is 52.6 Å². The molecule has 0 aliphatic heterocycles. The number of halogens is 4.